The summed E-state index contributed by atoms with van der Waals surface area (Å²) in [4.78, 5) is 0. The van der Waals surface area contributed by atoms with Gasteiger partial charge in [-0.25, -0.2) is 0 Å². The predicted octanol–water partition coefficient (Wildman–Crippen LogP) is 4.76. The van der Waals surface area contributed by atoms with E-state index < -0.39 is 0 Å². The molecule has 0 radical (unpaired) electrons. The highest BCUT2D eigenvalue weighted by Gasteiger charge is 2.12. The van der Waals surface area contributed by atoms with Crippen molar-refractivity contribution in [2.24, 2.45) is 0 Å². The number of ether oxygens (including phenoxy) is 3. The van der Waals surface area contributed by atoms with Crippen LogP contribution in [0.2, 0.25) is 0 Å². The van der Waals surface area contributed by atoms with E-state index in [1.165, 1.54) is 5.56 Å². The Kier molecular flexibility index (Phi) is 7.59. The van der Waals surface area contributed by atoms with Gasteiger partial charge in [-0.2, -0.15) is 0 Å². The van der Waals surface area contributed by atoms with Crippen LogP contribution in [0.25, 0.3) is 0 Å². The summed E-state index contributed by atoms with van der Waals surface area (Å²) >= 11 is 3.56. The molecule has 0 unspecified atom stereocenters. The summed E-state index contributed by atoms with van der Waals surface area (Å²) in [5.41, 5.74) is 2.33. The Labute approximate surface area is 158 Å². The third-order valence-electron chi connectivity index (χ3n) is 3.80. The van der Waals surface area contributed by atoms with Gasteiger partial charge in [0.05, 0.1) is 11.6 Å². The van der Waals surface area contributed by atoms with E-state index in [4.69, 9.17) is 14.2 Å². The average Bonchev–Trinajstić information content (AvgIpc) is 2.60. The van der Waals surface area contributed by atoms with E-state index in [0.717, 1.165) is 22.3 Å². The van der Waals surface area contributed by atoms with Crippen molar-refractivity contribution >= 4 is 15.9 Å². The van der Waals surface area contributed by atoms with E-state index >= 15 is 0 Å². The van der Waals surface area contributed by atoms with Crippen LogP contribution in [0.1, 0.15) is 30.9 Å². The molecule has 0 atom stereocenters. The van der Waals surface area contributed by atoms with E-state index in [-0.39, 0.29) is 0 Å². The van der Waals surface area contributed by atoms with Crippen molar-refractivity contribution in [2.75, 3.05) is 27.4 Å². The van der Waals surface area contributed by atoms with Crippen LogP contribution in [-0.2, 0) is 6.54 Å². The van der Waals surface area contributed by atoms with Crippen LogP contribution in [0.15, 0.2) is 40.9 Å². The average molecular weight is 408 g/mol. The van der Waals surface area contributed by atoms with E-state index in [0.29, 0.717) is 30.6 Å². The first-order valence-electron chi connectivity index (χ1n) is 8.42. The lowest BCUT2D eigenvalue weighted by atomic mass is 10.0. The van der Waals surface area contributed by atoms with Crippen molar-refractivity contribution in [1.82, 2.24) is 5.32 Å². The minimum Gasteiger partial charge on any atom is -0.493 e. The summed E-state index contributed by atoms with van der Waals surface area (Å²) in [6.45, 7) is 6.00. The fourth-order valence-corrected chi connectivity index (χ4v) is 3.21. The van der Waals surface area contributed by atoms with Gasteiger partial charge < -0.3 is 19.5 Å². The second-order valence-electron chi connectivity index (χ2n) is 6.03. The molecule has 0 saturated carbocycles. The van der Waals surface area contributed by atoms with E-state index in [1.807, 2.05) is 37.4 Å². The molecule has 0 fully saturated rings. The van der Waals surface area contributed by atoms with Gasteiger partial charge in [-0.3, -0.25) is 0 Å². The standard InChI is InChI=1S/C20H26BrNO3/c1-14(2)16-7-5-6-8-18(16)24-9-10-25-20-17(21)11-15(13-22-3)12-19(20)23-4/h5-8,11-12,14,22H,9-10,13H2,1-4H3. The smallest absolute Gasteiger partial charge is 0.175 e. The van der Waals surface area contributed by atoms with Crippen LogP contribution in [0, 0.1) is 0 Å². The highest BCUT2D eigenvalue weighted by Crippen LogP contribution is 2.36. The number of hydrogen-bond donors (Lipinski definition) is 1. The van der Waals surface area contributed by atoms with Crippen LogP contribution >= 0.6 is 15.9 Å². The summed E-state index contributed by atoms with van der Waals surface area (Å²) in [7, 11) is 3.56. The van der Waals surface area contributed by atoms with Crippen molar-refractivity contribution in [2.45, 2.75) is 26.3 Å². The summed E-state index contributed by atoms with van der Waals surface area (Å²) in [5.74, 6) is 2.74. The normalized spacial score (nSPS) is 10.8. The Hall–Kier alpha value is -1.72. The Morgan fingerprint density at radius 3 is 2.44 bits per heavy atom. The van der Waals surface area contributed by atoms with Gasteiger partial charge in [0.15, 0.2) is 11.5 Å². The molecule has 0 aliphatic carbocycles. The van der Waals surface area contributed by atoms with Crippen molar-refractivity contribution in [3.8, 4) is 17.2 Å². The zero-order valence-corrected chi connectivity index (χ0v) is 16.9. The van der Waals surface area contributed by atoms with Crippen molar-refractivity contribution in [1.29, 1.82) is 0 Å². The Morgan fingerprint density at radius 2 is 1.76 bits per heavy atom. The molecule has 136 valence electrons. The topological polar surface area (TPSA) is 39.7 Å². The van der Waals surface area contributed by atoms with Crippen LogP contribution < -0.4 is 19.5 Å². The molecular formula is C20H26BrNO3. The SMILES string of the molecule is CNCc1cc(Br)c(OCCOc2ccccc2C(C)C)c(OC)c1. The van der Waals surface area contributed by atoms with Gasteiger partial charge in [0.1, 0.15) is 19.0 Å². The number of hydrogen-bond acceptors (Lipinski definition) is 4. The highest BCUT2D eigenvalue weighted by molar-refractivity contribution is 9.10. The second-order valence-corrected chi connectivity index (χ2v) is 6.88. The molecule has 0 aromatic heterocycles. The maximum absolute atomic E-state index is 5.90. The Balaban J connectivity index is 1.98. The lowest BCUT2D eigenvalue weighted by molar-refractivity contribution is 0.209. The first-order chi connectivity index (χ1) is 12.1. The van der Waals surface area contributed by atoms with Gasteiger partial charge in [0, 0.05) is 6.54 Å². The van der Waals surface area contributed by atoms with E-state index in [9.17, 15) is 0 Å². The molecule has 2 aromatic carbocycles. The Morgan fingerprint density at radius 1 is 1.04 bits per heavy atom. The number of nitrogens with one attached hydrogen (secondary N) is 1. The molecule has 4 nitrogen and oxygen atoms in total. The maximum Gasteiger partial charge on any atom is 0.175 e. The molecule has 0 spiro atoms. The monoisotopic (exact) mass is 407 g/mol. The van der Waals surface area contributed by atoms with E-state index in [1.54, 1.807) is 7.11 Å². The second kappa shape index (κ2) is 9.68. The third-order valence-corrected chi connectivity index (χ3v) is 4.39. The van der Waals surface area contributed by atoms with E-state index in [2.05, 4.69) is 41.2 Å². The fourth-order valence-electron chi connectivity index (χ4n) is 2.60. The van der Waals surface area contributed by atoms with Gasteiger partial charge in [-0.05, 0) is 58.2 Å². The minimum absolute atomic E-state index is 0.422. The zero-order chi connectivity index (χ0) is 18.2. The summed E-state index contributed by atoms with van der Waals surface area (Å²) in [6.07, 6.45) is 0. The first kappa shape index (κ1) is 19.6. The van der Waals surface area contributed by atoms with Crippen molar-refractivity contribution < 1.29 is 14.2 Å². The predicted molar refractivity (Wildman–Crippen MR) is 105 cm³/mol. The zero-order valence-electron chi connectivity index (χ0n) is 15.3. The van der Waals surface area contributed by atoms with Crippen molar-refractivity contribution in [3.63, 3.8) is 0 Å². The van der Waals surface area contributed by atoms with Crippen LogP contribution in [0.5, 0.6) is 17.2 Å². The molecule has 2 rings (SSSR count). The van der Waals surface area contributed by atoms with Gasteiger partial charge in [-0.15, -0.1) is 0 Å². The van der Waals surface area contributed by atoms with Gasteiger partial charge in [0.2, 0.25) is 0 Å². The first-order valence-corrected chi connectivity index (χ1v) is 9.21. The largest absolute Gasteiger partial charge is 0.493 e. The molecule has 5 heteroatoms. The lowest BCUT2D eigenvalue weighted by Crippen LogP contribution is -2.11. The van der Waals surface area contributed by atoms with Crippen LogP contribution in [-0.4, -0.2) is 27.4 Å². The van der Waals surface area contributed by atoms with Crippen LogP contribution in [0.4, 0.5) is 0 Å². The summed E-state index contributed by atoms with van der Waals surface area (Å²) in [5, 5.41) is 3.13. The molecule has 0 heterocycles. The Bertz CT molecular complexity index is 689. The number of halogens is 1. The molecule has 0 bridgehead atoms. The number of methoxy groups -OCH3 is 1. The molecule has 0 amide bonds. The van der Waals surface area contributed by atoms with Gasteiger partial charge >= 0.3 is 0 Å². The maximum atomic E-state index is 5.90. The number of para-hydroxylation sites is 1. The summed E-state index contributed by atoms with van der Waals surface area (Å²) < 4.78 is 18.1. The number of benzene rings is 2. The quantitative estimate of drug-likeness (QED) is 0.608. The summed E-state index contributed by atoms with van der Waals surface area (Å²) in [6, 6.07) is 12.1. The molecule has 1 N–H and O–H groups in total. The third kappa shape index (κ3) is 5.38. The van der Waals surface area contributed by atoms with Gasteiger partial charge in [0.25, 0.3) is 0 Å². The lowest BCUT2D eigenvalue weighted by Gasteiger charge is -2.16. The fraction of sp³-hybridized carbons (Fsp3) is 0.400. The van der Waals surface area contributed by atoms with Gasteiger partial charge in [-0.1, -0.05) is 32.0 Å². The molecule has 25 heavy (non-hydrogen) atoms. The molecule has 2 aromatic rings. The van der Waals surface area contributed by atoms with Crippen LogP contribution in [0.3, 0.4) is 0 Å². The molecule has 0 saturated heterocycles. The van der Waals surface area contributed by atoms with Crippen molar-refractivity contribution in [3.05, 3.63) is 52.0 Å². The molecule has 0 aliphatic rings. The molecular weight excluding hydrogens is 382 g/mol. The minimum atomic E-state index is 0.422. The molecule has 0 aliphatic heterocycles. The highest BCUT2D eigenvalue weighted by atomic mass is 79.9. The number of rotatable bonds is 9.